The monoisotopic (exact) mass is 454 g/mol. The zero-order chi connectivity index (χ0) is 21.8. The maximum Gasteiger partial charge on any atom is 0.387 e. The summed E-state index contributed by atoms with van der Waals surface area (Å²) >= 11 is 2.61. The molecule has 0 saturated heterocycles. The molecule has 0 unspecified atom stereocenters. The lowest BCUT2D eigenvalue weighted by atomic mass is 10.1. The number of hydrogen-bond acceptors (Lipinski definition) is 7. The van der Waals surface area contributed by atoms with Gasteiger partial charge in [0.2, 0.25) is 0 Å². The van der Waals surface area contributed by atoms with Crippen molar-refractivity contribution in [2.45, 2.75) is 32.2 Å². The van der Waals surface area contributed by atoms with Crippen molar-refractivity contribution in [3.05, 3.63) is 50.6 Å². The van der Waals surface area contributed by atoms with Crippen LogP contribution in [0.3, 0.4) is 0 Å². The molecule has 3 aromatic rings. The minimum Gasteiger partial charge on any atom is -0.435 e. The van der Waals surface area contributed by atoms with Crippen LogP contribution in [-0.4, -0.2) is 41.4 Å². The molecule has 0 bridgehead atoms. The molecular formula is C20H20F2N2O4S2. The summed E-state index contributed by atoms with van der Waals surface area (Å²) in [6.45, 7) is 1.58. The number of ether oxygens (including phenoxy) is 2. The van der Waals surface area contributed by atoms with Gasteiger partial charge in [-0.1, -0.05) is 11.8 Å². The second kappa shape index (κ2) is 9.67. The molecule has 2 aromatic heterocycles. The van der Waals surface area contributed by atoms with E-state index in [0.29, 0.717) is 34.1 Å². The Balaban J connectivity index is 1.83. The number of aromatic nitrogens is 2. The highest BCUT2D eigenvalue weighted by molar-refractivity contribution is 7.99. The molecule has 160 valence electrons. The van der Waals surface area contributed by atoms with E-state index in [1.165, 1.54) is 40.2 Å². The summed E-state index contributed by atoms with van der Waals surface area (Å²) in [4.78, 5) is 31.9. The number of methoxy groups -OCH3 is 1. The second-order valence-electron chi connectivity index (χ2n) is 6.42. The SMILES string of the molecule is COCCn1c(SCC(=O)c2ccc(OC(F)F)cc2)nc2sc(C)c(C)c2c1=O. The fourth-order valence-electron chi connectivity index (χ4n) is 2.83. The molecule has 0 fully saturated rings. The fraction of sp³-hybridized carbons (Fsp3) is 0.350. The molecule has 1 aromatic carbocycles. The first-order valence-corrected chi connectivity index (χ1v) is 10.8. The van der Waals surface area contributed by atoms with Gasteiger partial charge in [-0.05, 0) is 43.7 Å². The van der Waals surface area contributed by atoms with Gasteiger partial charge in [0.1, 0.15) is 10.6 Å². The maximum absolute atomic E-state index is 13.0. The Morgan fingerprint density at radius 3 is 2.60 bits per heavy atom. The molecule has 0 aliphatic heterocycles. The van der Waals surface area contributed by atoms with Crippen LogP contribution in [0.4, 0.5) is 8.78 Å². The molecular weight excluding hydrogens is 434 g/mol. The summed E-state index contributed by atoms with van der Waals surface area (Å²) < 4.78 is 35.4. The molecule has 10 heteroatoms. The molecule has 0 spiro atoms. The van der Waals surface area contributed by atoms with Crippen LogP contribution in [0.2, 0.25) is 0 Å². The molecule has 0 atom stereocenters. The highest BCUT2D eigenvalue weighted by atomic mass is 32.2. The van der Waals surface area contributed by atoms with Crippen molar-refractivity contribution in [1.29, 1.82) is 0 Å². The number of nitrogens with zero attached hydrogens (tertiary/aromatic N) is 2. The van der Waals surface area contributed by atoms with Gasteiger partial charge in [0.05, 0.1) is 24.3 Å². The van der Waals surface area contributed by atoms with E-state index in [4.69, 9.17) is 4.74 Å². The van der Waals surface area contributed by atoms with Gasteiger partial charge in [0, 0.05) is 17.6 Å². The highest BCUT2D eigenvalue weighted by Crippen LogP contribution is 2.28. The number of benzene rings is 1. The van der Waals surface area contributed by atoms with Gasteiger partial charge in [-0.15, -0.1) is 11.3 Å². The quantitative estimate of drug-likeness (QED) is 0.273. The van der Waals surface area contributed by atoms with Crippen molar-refractivity contribution >= 4 is 39.1 Å². The van der Waals surface area contributed by atoms with Crippen molar-refractivity contribution in [2.24, 2.45) is 0 Å². The van der Waals surface area contributed by atoms with Crippen molar-refractivity contribution in [1.82, 2.24) is 9.55 Å². The molecule has 3 rings (SSSR count). The van der Waals surface area contributed by atoms with Crippen molar-refractivity contribution in [2.75, 3.05) is 19.5 Å². The van der Waals surface area contributed by atoms with Crippen LogP contribution >= 0.6 is 23.1 Å². The number of ketones is 1. The number of hydrogen-bond donors (Lipinski definition) is 0. The van der Waals surface area contributed by atoms with E-state index in [1.54, 1.807) is 7.11 Å². The smallest absolute Gasteiger partial charge is 0.387 e. The summed E-state index contributed by atoms with van der Waals surface area (Å²) in [6.07, 6.45) is 0. The van der Waals surface area contributed by atoms with Crippen LogP contribution in [0.5, 0.6) is 5.75 Å². The Hall–Kier alpha value is -2.30. The lowest BCUT2D eigenvalue weighted by Crippen LogP contribution is -2.25. The normalized spacial score (nSPS) is 11.4. The minimum atomic E-state index is -2.92. The van der Waals surface area contributed by atoms with Gasteiger partial charge in [0.25, 0.3) is 5.56 Å². The lowest BCUT2D eigenvalue weighted by molar-refractivity contribution is -0.0498. The lowest BCUT2D eigenvalue weighted by Gasteiger charge is -2.11. The highest BCUT2D eigenvalue weighted by Gasteiger charge is 2.18. The van der Waals surface area contributed by atoms with E-state index < -0.39 is 6.61 Å². The summed E-state index contributed by atoms with van der Waals surface area (Å²) in [5.41, 5.74) is 1.12. The van der Waals surface area contributed by atoms with Crippen LogP contribution in [0, 0.1) is 13.8 Å². The van der Waals surface area contributed by atoms with Crippen molar-refractivity contribution in [3.8, 4) is 5.75 Å². The zero-order valence-electron chi connectivity index (χ0n) is 16.6. The standard InChI is InChI=1S/C20H20F2N2O4S2/c1-11-12(2)30-17-16(11)18(26)24(8-9-27-3)20(23-17)29-10-15(25)13-4-6-14(7-5-13)28-19(21)22/h4-7,19H,8-10H2,1-3H3. The Labute approximate surface area is 179 Å². The zero-order valence-corrected chi connectivity index (χ0v) is 18.2. The Morgan fingerprint density at radius 2 is 1.97 bits per heavy atom. The average Bonchev–Trinajstić information content (AvgIpc) is 2.99. The number of thiophene rings is 1. The van der Waals surface area contributed by atoms with Gasteiger partial charge in [0.15, 0.2) is 10.9 Å². The molecule has 30 heavy (non-hydrogen) atoms. The Bertz CT molecular complexity index is 1110. The largest absolute Gasteiger partial charge is 0.435 e. The average molecular weight is 455 g/mol. The first kappa shape index (κ1) is 22.4. The molecule has 0 radical (unpaired) electrons. The first-order valence-electron chi connectivity index (χ1n) is 9.02. The number of thioether (sulfide) groups is 1. The van der Waals surface area contributed by atoms with E-state index in [2.05, 4.69) is 9.72 Å². The van der Waals surface area contributed by atoms with E-state index in [-0.39, 0.29) is 22.8 Å². The molecule has 0 aliphatic rings. The number of rotatable bonds is 9. The summed E-state index contributed by atoms with van der Waals surface area (Å²) in [6, 6.07) is 5.50. The van der Waals surface area contributed by atoms with E-state index in [0.717, 1.165) is 22.2 Å². The topological polar surface area (TPSA) is 70.4 Å². The predicted molar refractivity (Wildman–Crippen MR) is 113 cm³/mol. The number of carbonyl (C=O) groups excluding carboxylic acids is 1. The molecule has 0 saturated carbocycles. The van der Waals surface area contributed by atoms with Crippen LogP contribution in [0.15, 0.2) is 34.2 Å². The van der Waals surface area contributed by atoms with Crippen LogP contribution in [0.1, 0.15) is 20.8 Å². The third kappa shape index (κ3) is 4.88. The van der Waals surface area contributed by atoms with E-state index in [1.807, 2.05) is 13.8 Å². The van der Waals surface area contributed by atoms with Gasteiger partial charge in [-0.2, -0.15) is 8.78 Å². The van der Waals surface area contributed by atoms with Crippen molar-refractivity contribution in [3.63, 3.8) is 0 Å². The number of Topliss-reactive ketones (excluding diaryl/α,β-unsaturated/α-hetero) is 1. The predicted octanol–water partition coefficient (Wildman–Crippen LogP) is 4.30. The second-order valence-corrected chi connectivity index (χ2v) is 8.57. The third-order valence-corrected chi connectivity index (χ3v) is 6.58. The summed E-state index contributed by atoms with van der Waals surface area (Å²) in [5, 5.41) is 1.04. The van der Waals surface area contributed by atoms with Gasteiger partial charge in [-0.3, -0.25) is 14.2 Å². The number of alkyl halides is 2. The maximum atomic E-state index is 13.0. The fourth-order valence-corrected chi connectivity index (χ4v) is 4.82. The summed E-state index contributed by atoms with van der Waals surface area (Å²) in [5.74, 6) is -0.184. The molecule has 0 N–H and O–H groups in total. The summed E-state index contributed by atoms with van der Waals surface area (Å²) in [7, 11) is 1.55. The molecule has 0 aliphatic carbocycles. The van der Waals surface area contributed by atoms with Gasteiger partial charge < -0.3 is 9.47 Å². The van der Waals surface area contributed by atoms with Gasteiger partial charge in [-0.25, -0.2) is 4.98 Å². The number of aryl methyl sites for hydroxylation is 2. The van der Waals surface area contributed by atoms with E-state index in [9.17, 15) is 18.4 Å². The Morgan fingerprint density at radius 1 is 1.27 bits per heavy atom. The van der Waals surface area contributed by atoms with Crippen LogP contribution in [0.25, 0.3) is 10.2 Å². The van der Waals surface area contributed by atoms with Crippen LogP contribution in [-0.2, 0) is 11.3 Å². The first-order chi connectivity index (χ1) is 14.3. The molecule has 2 heterocycles. The number of fused-ring (bicyclic) bond motifs is 1. The van der Waals surface area contributed by atoms with Crippen molar-refractivity contribution < 1.29 is 23.0 Å². The van der Waals surface area contributed by atoms with E-state index >= 15 is 0 Å². The Kier molecular flexibility index (Phi) is 7.22. The van der Waals surface area contributed by atoms with Gasteiger partial charge >= 0.3 is 6.61 Å². The third-order valence-electron chi connectivity index (χ3n) is 4.51. The molecule has 6 nitrogen and oxygen atoms in total. The molecule has 0 amide bonds. The minimum absolute atomic E-state index is 0.0156. The number of carbonyl (C=O) groups is 1. The number of halogens is 2. The van der Waals surface area contributed by atoms with Crippen LogP contribution < -0.4 is 10.3 Å².